The van der Waals surface area contributed by atoms with E-state index in [0.717, 1.165) is 24.3 Å². The lowest BCUT2D eigenvalue weighted by atomic mass is 9.70. The van der Waals surface area contributed by atoms with Gasteiger partial charge in [-0.05, 0) is 60.8 Å². The van der Waals surface area contributed by atoms with Crippen LogP contribution in [0.15, 0.2) is 18.2 Å². The van der Waals surface area contributed by atoms with E-state index >= 15 is 0 Å². The molecule has 2 aliphatic rings. The van der Waals surface area contributed by atoms with Gasteiger partial charge in [0.15, 0.2) is 0 Å². The predicted molar refractivity (Wildman–Crippen MR) is 71.7 cm³/mol. The largest absolute Gasteiger partial charge is 0.321 e. The van der Waals surface area contributed by atoms with Gasteiger partial charge in [0.05, 0.1) is 0 Å². The summed E-state index contributed by atoms with van der Waals surface area (Å²) < 4.78 is 13.3. The van der Waals surface area contributed by atoms with E-state index in [-0.39, 0.29) is 11.4 Å². The number of nitrogens with two attached hydrogens (primary N) is 1. The topological polar surface area (TPSA) is 26.0 Å². The fraction of sp³-hybridized carbons (Fsp3) is 0.625. The molecule has 0 aromatic heterocycles. The molecule has 0 bridgehead atoms. The van der Waals surface area contributed by atoms with E-state index in [9.17, 15) is 4.39 Å². The van der Waals surface area contributed by atoms with Crippen molar-refractivity contribution in [2.75, 3.05) is 0 Å². The van der Waals surface area contributed by atoms with Crippen molar-refractivity contribution >= 4 is 0 Å². The predicted octanol–water partition coefficient (Wildman–Crippen LogP) is 3.75. The lowest BCUT2D eigenvalue weighted by molar-refractivity contribution is 0.178. The highest BCUT2D eigenvalue weighted by atomic mass is 19.1. The minimum atomic E-state index is -0.191. The van der Waals surface area contributed by atoms with Crippen LogP contribution in [0.5, 0.6) is 0 Å². The summed E-state index contributed by atoms with van der Waals surface area (Å²) in [5, 5.41) is 0. The molecule has 1 nitrogen and oxygen atoms in total. The van der Waals surface area contributed by atoms with Gasteiger partial charge < -0.3 is 5.73 Å². The third-order valence-corrected chi connectivity index (χ3v) is 5.12. The molecule has 2 aliphatic carbocycles. The fourth-order valence-corrected chi connectivity index (χ4v) is 3.90. The summed E-state index contributed by atoms with van der Waals surface area (Å²) in [6, 6.07) is 5.17. The molecule has 0 radical (unpaired) electrons. The molecule has 1 aromatic carbocycles. The molecular weight excluding hydrogens is 225 g/mol. The van der Waals surface area contributed by atoms with E-state index in [2.05, 4.69) is 6.92 Å². The molecule has 0 spiro atoms. The van der Waals surface area contributed by atoms with Crippen LogP contribution in [0.2, 0.25) is 0 Å². The van der Waals surface area contributed by atoms with Crippen LogP contribution in [-0.4, -0.2) is 0 Å². The zero-order chi connectivity index (χ0) is 12.8. The zero-order valence-electron chi connectivity index (χ0n) is 11.1. The highest BCUT2D eigenvalue weighted by Crippen LogP contribution is 2.46. The van der Waals surface area contributed by atoms with Crippen LogP contribution in [0.1, 0.15) is 50.2 Å². The number of benzene rings is 1. The molecule has 18 heavy (non-hydrogen) atoms. The van der Waals surface area contributed by atoms with Crippen molar-refractivity contribution in [2.24, 2.45) is 17.6 Å². The van der Waals surface area contributed by atoms with Crippen molar-refractivity contribution in [2.45, 2.75) is 51.0 Å². The summed E-state index contributed by atoms with van der Waals surface area (Å²) in [4.78, 5) is 0. The fourth-order valence-electron chi connectivity index (χ4n) is 3.90. The van der Waals surface area contributed by atoms with E-state index in [1.54, 1.807) is 12.1 Å². The molecular formula is C16H22FN. The Morgan fingerprint density at radius 3 is 2.67 bits per heavy atom. The lowest BCUT2D eigenvalue weighted by Gasteiger charge is -2.39. The van der Waals surface area contributed by atoms with Crippen LogP contribution in [0, 0.1) is 17.7 Å². The molecule has 1 atom stereocenters. The van der Waals surface area contributed by atoms with Crippen LogP contribution >= 0.6 is 0 Å². The maximum absolute atomic E-state index is 13.3. The Morgan fingerprint density at radius 2 is 1.94 bits per heavy atom. The number of rotatable bonds is 1. The average molecular weight is 247 g/mol. The van der Waals surface area contributed by atoms with Gasteiger partial charge in [-0.25, -0.2) is 4.39 Å². The molecule has 98 valence electrons. The third-order valence-electron chi connectivity index (χ3n) is 5.12. The maximum atomic E-state index is 13.3. The van der Waals surface area contributed by atoms with E-state index in [1.807, 2.05) is 6.07 Å². The number of halogens is 1. The van der Waals surface area contributed by atoms with Crippen molar-refractivity contribution in [3.63, 3.8) is 0 Å². The van der Waals surface area contributed by atoms with Gasteiger partial charge in [0.25, 0.3) is 0 Å². The van der Waals surface area contributed by atoms with E-state index in [1.165, 1.54) is 31.2 Å². The number of aryl methyl sites for hydroxylation is 1. The summed E-state index contributed by atoms with van der Waals surface area (Å²) in [5.41, 5.74) is 8.87. The first kappa shape index (κ1) is 12.2. The summed E-state index contributed by atoms with van der Waals surface area (Å²) in [7, 11) is 0. The van der Waals surface area contributed by atoms with Gasteiger partial charge in [-0.1, -0.05) is 25.8 Å². The quantitative estimate of drug-likeness (QED) is 0.803. The minimum Gasteiger partial charge on any atom is -0.321 e. The molecule has 1 aromatic rings. The number of hydrogen-bond donors (Lipinski definition) is 1. The second-order valence-electron chi connectivity index (χ2n) is 6.30. The van der Waals surface area contributed by atoms with Gasteiger partial charge >= 0.3 is 0 Å². The Bertz CT molecular complexity index is 448. The third kappa shape index (κ3) is 1.87. The Morgan fingerprint density at radius 1 is 1.22 bits per heavy atom. The molecule has 0 aliphatic heterocycles. The molecule has 0 saturated heterocycles. The number of fused-ring (bicyclic) bond motifs is 1. The Kier molecular flexibility index (Phi) is 2.93. The summed E-state index contributed by atoms with van der Waals surface area (Å²) in [6.45, 7) is 2.33. The SMILES string of the molecule is CC1CCC(C2(N)CCc3cc(F)ccc32)CC1. The van der Waals surface area contributed by atoms with Gasteiger partial charge in [-0.15, -0.1) is 0 Å². The highest BCUT2D eigenvalue weighted by Gasteiger charge is 2.42. The Hall–Kier alpha value is -0.890. The van der Waals surface area contributed by atoms with E-state index in [0.29, 0.717) is 5.92 Å². The van der Waals surface area contributed by atoms with Gasteiger partial charge in [-0.2, -0.15) is 0 Å². The van der Waals surface area contributed by atoms with Gasteiger partial charge in [0.1, 0.15) is 5.82 Å². The highest BCUT2D eigenvalue weighted by molar-refractivity contribution is 5.39. The molecule has 3 rings (SSSR count). The Labute approximate surface area is 109 Å². The zero-order valence-corrected chi connectivity index (χ0v) is 11.1. The molecule has 2 heteroatoms. The van der Waals surface area contributed by atoms with Crippen LogP contribution in [0.25, 0.3) is 0 Å². The lowest BCUT2D eigenvalue weighted by Crippen LogP contribution is -2.43. The number of hydrogen-bond acceptors (Lipinski definition) is 1. The summed E-state index contributed by atoms with van der Waals surface area (Å²) >= 11 is 0. The van der Waals surface area contributed by atoms with Crippen molar-refractivity contribution in [1.29, 1.82) is 0 Å². The smallest absolute Gasteiger partial charge is 0.123 e. The molecule has 1 saturated carbocycles. The van der Waals surface area contributed by atoms with Gasteiger partial charge in [-0.3, -0.25) is 0 Å². The van der Waals surface area contributed by atoms with Gasteiger partial charge in [0.2, 0.25) is 0 Å². The van der Waals surface area contributed by atoms with Crippen LogP contribution in [0.4, 0.5) is 4.39 Å². The van der Waals surface area contributed by atoms with Crippen molar-refractivity contribution in [3.8, 4) is 0 Å². The first-order valence-corrected chi connectivity index (χ1v) is 7.17. The molecule has 2 N–H and O–H groups in total. The van der Waals surface area contributed by atoms with Crippen molar-refractivity contribution in [1.82, 2.24) is 0 Å². The van der Waals surface area contributed by atoms with Crippen LogP contribution < -0.4 is 5.73 Å². The Balaban J connectivity index is 1.89. The maximum Gasteiger partial charge on any atom is 0.123 e. The van der Waals surface area contributed by atoms with Gasteiger partial charge in [0, 0.05) is 5.54 Å². The monoisotopic (exact) mass is 247 g/mol. The van der Waals surface area contributed by atoms with Crippen LogP contribution in [-0.2, 0) is 12.0 Å². The second kappa shape index (κ2) is 4.34. The summed E-state index contributed by atoms with van der Waals surface area (Å²) in [5.74, 6) is 1.30. The standard InChI is InChI=1S/C16H22FN/c1-11-2-4-13(5-3-11)16(18)9-8-12-10-14(17)6-7-15(12)16/h6-7,10-11,13H,2-5,8-9,18H2,1H3. The first-order valence-electron chi connectivity index (χ1n) is 7.17. The summed E-state index contributed by atoms with van der Waals surface area (Å²) in [6.07, 6.45) is 6.98. The normalized spacial score (nSPS) is 35.5. The van der Waals surface area contributed by atoms with Crippen LogP contribution in [0.3, 0.4) is 0 Å². The molecule has 0 amide bonds. The van der Waals surface area contributed by atoms with E-state index < -0.39 is 0 Å². The second-order valence-corrected chi connectivity index (χ2v) is 6.30. The minimum absolute atomic E-state index is 0.129. The van der Waals surface area contributed by atoms with Crippen molar-refractivity contribution in [3.05, 3.63) is 35.1 Å². The molecule has 0 heterocycles. The average Bonchev–Trinajstić information content (AvgIpc) is 2.68. The van der Waals surface area contributed by atoms with E-state index in [4.69, 9.17) is 5.73 Å². The first-order chi connectivity index (χ1) is 8.59. The molecule has 1 unspecified atom stereocenters. The van der Waals surface area contributed by atoms with Crippen molar-refractivity contribution < 1.29 is 4.39 Å². The molecule has 1 fully saturated rings.